The Morgan fingerprint density at radius 3 is 3.00 bits per heavy atom. The molecule has 88 valence electrons. The lowest BCUT2D eigenvalue weighted by atomic mass is 10.0. The van der Waals surface area contributed by atoms with E-state index in [0.717, 1.165) is 0 Å². The van der Waals surface area contributed by atoms with Crippen molar-refractivity contribution in [3.8, 4) is 23.3 Å². The molecule has 0 aromatic heterocycles. The fourth-order valence-electron chi connectivity index (χ4n) is 1.73. The average molecular weight is 230 g/mol. The van der Waals surface area contributed by atoms with Crippen molar-refractivity contribution in [1.82, 2.24) is 0 Å². The molecule has 1 heterocycles. The van der Waals surface area contributed by atoms with Gasteiger partial charge in [0, 0.05) is 12.8 Å². The van der Waals surface area contributed by atoms with Gasteiger partial charge in [-0.05, 0) is 19.1 Å². The second-order valence-corrected chi connectivity index (χ2v) is 3.68. The smallest absolute Gasteiger partial charge is 0.172 e. The second kappa shape index (κ2) is 5.40. The summed E-state index contributed by atoms with van der Waals surface area (Å²) in [5.41, 5.74) is 0.597. The maximum Gasteiger partial charge on any atom is 0.172 e. The third-order valence-corrected chi connectivity index (χ3v) is 2.52. The number of rotatable bonds is 3. The Bertz CT molecular complexity index is 480. The summed E-state index contributed by atoms with van der Waals surface area (Å²) in [7, 11) is 0. The van der Waals surface area contributed by atoms with Crippen LogP contribution in [0.15, 0.2) is 18.2 Å². The fourth-order valence-corrected chi connectivity index (χ4v) is 1.73. The molecule has 1 aromatic carbocycles. The molecule has 0 bridgehead atoms. The van der Waals surface area contributed by atoms with Crippen LogP contribution in [0.2, 0.25) is 0 Å². The van der Waals surface area contributed by atoms with Crippen LogP contribution < -0.4 is 9.47 Å². The van der Waals surface area contributed by atoms with Gasteiger partial charge in [0.1, 0.15) is 13.2 Å². The highest BCUT2D eigenvalue weighted by Crippen LogP contribution is 2.34. The zero-order chi connectivity index (χ0) is 12.1. The van der Waals surface area contributed by atoms with E-state index in [9.17, 15) is 4.79 Å². The average Bonchev–Trinajstić information content (AvgIpc) is 2.38. The van der Waals surface area contributed by atoms with Crippen molar-refractivity contribution in [3.05, 3.63) is 23.8 Å². The first kappa shape index (κ1) is 11.5. The summed E-state index contributed by atoms with van der Waals surface area (Å²) in [6.07, 6.45) is 1.00. The van der Waals surface area contributed by atoms with E-state index in [1.165, 1.54) is 0 Å². The van der Waals surface area contributed by atoms with Gasteiger partial charge < -0.3 is 9.47 Å². The highest BCUT2D eigenvalue weighted by molar-refractivity contribution is 5.99. The molecular weight excluding hydrogens is 216 g/mol. The Kier molecular flexibility index (Phi) is 3.66. The fraction of sp³-hybridized carbons (Fsp3) is 0.357. The first-order valence-electron chi connectivity index (χ1n) is 5.64. The maximum absolute atomic E-state index is 12.0. The number of hydrogen-bond donors (Lipinski definition) is 0. The van der Waals surface area contributed by atoms with Crippen LogP contribution in [0, 0.1) is 11.8 Å². The molecule has 0 saturated carbocycles. The third-order valence-electron chi connectivity index (χ3n) is 2.52. The van der Waals surface area contributed by atoms with Gasteiger partial charge in [-0.15, -0.1) is 11.8 Å². The van der Waals surface area contributed by atoms with Gasteiger partial charge in [0.05, 0.1) is 5.56 Å². The molecule has 0 spiro atoms. The number of benzene rings is 1. The minimum Gasteiger partial charge on any atom is -0.486 e. The minimum atomic E-state index is 0.0510. The minimum absolute atomic E-state index is 0.0510. The predicted molar refractivity (Wildman–Crippen MR) is 64.4 cm³/mol. The van der Waals surface area contributed by atoms with E-state index in [1.807, 2.05) is 12.1 Å². The maximum atomic E-state index is 12.0. The van der Waals surface area contributed by atoms with Gasteiger partial charge in [-0.1, -0.05) is 6.07 Å². The molecule has 0 saturated heterocycles. The van der Waals surface area contributed by atoms with Crippen molar-refractivity contribution in [2.45, 2.75) is 19.8 Å². The monoisotopic (exact) mass is 230 g/mol. The topological polar surface area (TPSA) is 35.5 Å². The van der Waals surface area contributed by atoms with Crippen molar-refractivity contribution < 1.29 is 14.3 Å². The van der Waals surface area contributed by atoms with E-state index in [4.69, 9.17) is 9.47 Å². The lowest BCUT2D eigenvalue weighted by Gasteiger charge is -2.20. The van der Waals surface area contributed by atoms with Crippen molar-refractivity contribution in [3.63, 3.8) is 0 Å². The molecule has 0 radical (unpaired) electrons. The van der Waals surface area contributed by atoms with Gasteiger partial charge in [-0.3, -0.25) is 4.79 Å². The van der Waals surface area contributed by atoms with E-state index in [0.29, 0.717) is 43.1 Å². The highest BCUT2D eigenvalue weighted by atomic mass is 16.6. The van der Waals surface area contributed by atoms with Crippen LogP contribution in [-0.2, 0) is 0 Å². The van der Waals surface area contributed by atoms with Gasteiger partial charge in [0.2, 0.25) is 0 Å². The predicted octanol–water partition coefficient (Wildman–Crippen LogP) is 2.44. The number of ketones is 1. The number of fused-ring (bicyclic) bond motifs is 1. The molecule has 0 aliphatic carbocycles. The molecule has 17 heavy (non-hydrogen) atoms. The molecule has 2 rings (SSSR count). The van der Waals surface area contributed by atoms with Crippen molar-refractivity contribution >= 4 is 5.78 Å². The standard InChI is InChI=1S/C14H14O3/c1-2-3-4-7-12(15)11-6-5-8-13-14(11)17-10-9-16-13/h5-6,8H,4,7,9-10H2,1H3. The molecule has 3 heteroatoms. The van der Waals surface area contributed by atoms with E-state index in [1.54, 1.807) is 13.0 Å². The van der Waals surface area contributed by atoms with Crippen LogP contribution in [0.3, 0.4) is 0 Å². The zero-order valence-electron chi connectivity index (χ0n) is 9.79. The summed E-state index contributed by atoms with van der Waals surface area (Å²) in [6, 6.07) is 5.40. The van der Waals surface area contributed by atoms with Crippen molar-refractivity contribution in [2.24, 2.45) is 0 Å². The molecule has 0 unspecified atom stereocenters. The Hall–Kier alpha value is -1.95. The summed E-state index contributed by atoms with van der Waals surface area (Å²) in [6.45, 7) is 2.80. The Morgan fingerprint density at radius 2 is 2.18 bits per heavy atom. The number of carbonyl (C=O) groups excluding carboxylic acids is 1. The van der Waals surface area contributed by atoms with Gasteiger partial charge >= 0.3 is 0 Å². The summed E-state index contributed by atoms with van der Waals surface area (Å²) in [5.74, 6) is 6.95. The third kappa shape index (κ3) is 2.59. The SMILES string of the molecule is CC#CCCC(=O)c1cccc2c1OCCO2. The summed E-state index contributed by atoms with van der Waals surface area (Å²) in [4.78, 5) is 12.0. The molecule has 1 aromatic rings. The largest absolute Gasteiger partial charge is 0.486 e. The lowest BCUT2D eigenvalue weighted by Crippen LogP contribution is -2.17. The number of ether oxygens (including phenoxy) is 2. The number of hydrogen-bond acceptors (Lipinski definition) is 3. The van der Waals surface area contributed by atoms with Crippen LogP contribution in [0.25, 0.3) is 0 Å². The van der Waals surface area contributed by atoms with E-state index < -0.39 is 0 Å². The van der Waals surface area contributed by atoms with Crippen LogP contribution in [0.1, 0.15) is 30.1 Å². The van der Waals surface area contributed by atoms with Crippen molar-refractivity contribution in [2.75, 3.05) is 13.2 Å². The van der Waals surface area contributed by atoms with E-state index in [-0.39, 0.29) is 5.78 Å². The molecule has 3 nitrogen and oxygen atoms in total. The van der Waals surface area contributed by atoms with E-state index >= 15 is 0 Å². The normalized spacial score (nSPS) is 12.5. The van der Waals surface area contributed by atoms with Gasteiger partial charge in [0.25, 0.3) is 0 Å². The molecule has 0 atom stereocenters. The van der Waals surface area contributed by atoms with Crippen molar-refractivity contribution in [1.29, 1.82) is 0 Å². The number of para-hydroxylation sites is 1. The van der Waals surface area contributed by atoms with Crippen LogP contribution >= 0.6 is 0 Å². The Morgan fingerprint density at radius 1 is 1.35 bits per heavy atom. The summed E-state index contributed by atoms with van der Waals surface area (Å²) in [5, 5.41) is 0. The van der Waals surface area contributed by atoms with Crippen LogP contribution in [0.4, 0.5) is 0 Å². The van der Waals surface area contributed by atoms with Gasteiger partial charge in [0.15, 0.2) is 17.3 Å². The summed E-state index contributed by atoms with van der Waals surface area (Å²) >= 11 is 0. The summed E-state index contributed by atoms with van der Waals surface area (Å²) < 4.78 is 10.9. The molecule has 0 amide bonds. The number of carbonyl (C=O) groups is 1. The molecule has 1 aliphatic heterocycles. The molecule has 0 fully saturated rings. The van der Waals surface area contributed by atoms with Crippen LogP contribution in [-0.4, -0.2) is 19.0 Å². The first-order valence-corrected chi connectivity index (χ1v) is 5.64. The van der Waals surface area contributed by atoms with E-state index in [2.05, 4.69) is 11.8 Å². The lowest BCUT2D eigenvalue weighted by molar-refractivity contribution is 0.0973. The first-order chi connectivity index (χ1) is 8.33. The number of Topliss-reactive ketones (excluding diaryl/α,β-unsaturated/α-hetero) is 1. The zero-order valence-corrected chi connectivity index (χ0v) is 9.79. The molecular formula is C14H14O3. The van der Waals surface area contributed by atoms with Crippen LogP contribution in [0.5, 0.6) is 11.5 Å². The second-order valence-electron chi connectivity index (χ2n) is 3.68. The quantitative estimate of drug-likeness (QED) is 0.591. The Labute approximate surface area is 101 Å². The molecule has 0 N–H and O–H groups in total. The molecule has 1 aliphatic rings. The van der Waals surface area contributed by atoms with Gasteiger partial charge in [-0.25, -0.2) is 0 Å². The highest BCUT2D eigenvalue weighted by Gasteiger charge is 2.19. The van der Waals surface area contributed by atoms with Gasteiger partial charge in [-0.2, -0.15) is 0 Å². The Balaban J connectivity index is 2.19.